The fourth-order valence-electron chi connectivity index (χ4n) is 6.37. The molecule has 11 nitrogen and oxygen atoms in total. The second kappa shape index (κ2) is 17.6. The molecule has 3 atom stereocenters. The van der Waals surface area contributed by atoms with Gasteiger partial charge in [-0.15, -0.1) is 11.3 Å². The second-order valence-corrected chi connectivity index (χ2v) is 15.5. The summed E-state index contributed by atoms with van der Waals surface area (Å²) in [7, 11) is 0. The summed E-state index contributed by atoms with van der Waals surface area (Å²) in [5.74, 6) is -2.49. The predicted molar refractivity (Wildman–Crippen MR) is 204 cm³/mol. The zero-order valence-corrected chi connectivity index (χ0v) is 31.5. The van der Waals surface area contributed by atoms with Crippen molar-refractivity contribution in [2.75, 3.05) is 6.61 Å². The van der Waals surface area contributed by atoms with Gasteiger partial charge in [0.15, 0.2) is 5.82 Å². The maximum absolute atomic E-state index is 14.0. The van der Waals surface area contributed by atoms with E-state index < -0.39 is 41.9 Å². The molecule has 1 fully saturated rings. The number of aliphatic carboxylic acids is 2. The lowest BCUT2D eigenvalue weighted by Gasteiger charge is -2.30. The summed E-state index contributed by atoms with van der Waals surface area (Å²) in [5, 5.41) is 22.5. The molecule has 0 bridgehead atoms. The highest BCUT2D eigenvalue weighted by molar-refractivity contribution is 7.14. The Morgan fingerprint density at radius 1 is 0.830 bits per heavy atom. The minimum atomic E-state index is -1.31. The number of amides is 2. The van der Waals surface area contributed by atoms with Gasteiger partial charge in [-0.2, -0.15) is 0 Å². The largest absolute Gasteiger partial charge is 0.494 e. The number of hydrogen-bond acceptors (Lipinski definition) is 8. The minimum absolute atomic E-state index is 0.00500. The number of likely N-dealkylation sites (tertiary alicyclic amines) is 1. The Bertz CT molecular complexity index is 1850. The van der Waals surface area contributed by atoms with E-state index in [2.05, 4.69) is 22.2 Å². The van der Waals surface area contributed by atoms with E-state index in [4.69, 9.17) is 4.74 Å². The third-order valence-electron chi connectivity index (χ3n) is 9.39. The molecule has 5 rings (SSSR count). The Morgan fingerprint density at radius 3 is 2.00 bits per heavy atom. The number of rotatable bonds is 16. The Balaban J connectivity index is 1.29. The van der Waals surface area contributed by atoms with Crippen LogP contribution in [0.3, 0.4) is 0 Å². The van der Waals surface area contributed by atoms with Crippen molar-refractivity contribution in [2.24, 2.45) is 0 Å². The number of nitrogens with one attached hydrogen (secondary N) is 1. The quantitative estimate of drug-likeness (QED) is 0.0996. The SMILES string of the molecule is CCCCCCCOc1ccc(-c2cnc(-c3ccc(C[C@H](NC(=O)c4ccc(C(C)(C)C)s4)C(=O)N4C(C(=O)O)CCC4C(=O)O)cc3)nc2)cc1. The van der Waals surface area contributed by atoms with E-state index >= 15 is 0 Å². The number of carbonyl (C=O) groups excluding carboxylic acids is 2. The number of nitrogens with zero attached hydrogens (tertiary/aromatic N) is 3. The summed E-state index contributed by atoms with van der Waals surface area (Å²) >= 11 is 1.31. The molecule has 2 aromatic heterocycles. The van der Waals surface area contributed by atoms with Gasteiger partial charge in [0.05, 0.1) is 11.5 Å². The topological polar surface area (TPSA) is 159 Å². The third-order valence-corrected chi connectivity index (χ3v) is 10.9. The fraction of sp³-hybridized carbons (Fsp3) is 0.415. The lowest BCUT2D eigenvalue weighted by molar-refractivity contribution is -0.156. The van der Waals surface area contributed by atoms with Crippen molar-refractivity contribution < 1.29 is 34.1 Å². The summed E-state index contributed by atoms with van der Waals surface area (Å²) in [6, 6.07) is 14.8. The lowest BCUT2D eigenvalue weighted by atomic mass is 9.95. The first-order valence-corrected chi connectivity index (χ1v) is 19.0. The molecular weight excluding hydrogens is 693 g/mol. The normalized spacial score (nSPS) is 16.3. The van der Waals surface area contributed by atoms with E-state index in [0.29, 0.717) is 22.9 Å². The third kappa shape index (κ3) is 10.1. The van der Waals surface area contributed by atoms with Crippen LogP contribution < -0.4 is 10.1 Å². The highest BCUT2D eigenvalue weighted by Gasteiger charge is 2.46. The van der Waals surface area contributed by atoms with Gasteiger partial charge in [-0.05, 0) is 60.1 Å². The molecule has 0 saturated carbocycles. The van der Waals surface area contributed by atoms with Crippen LogP contribution in [0.2, 0.25) is 0 Å². The summed E-state index contributed by atoms with van der Waals surface area (Å²) in [4.78, 5) is 63.1. The van der Waals surface area contributed by atoms with Crippen molar-refractivity contribution in [3.63, 3.8) is 0 Å². The Labute approximate surface area is 314 Å². The molecule has 12 heteroatoms. The van der Waals surface area contributed by atoms with Crippen LogP contribution in [-0.2, 0) is 26.2 Å². The Kier molecular flexibility index (Phi) is 13.0. The number of carbonyl (C=O) groups is 4. The van der Waals surface area contributed by atoms with Crippen molar-refractivity contribution in [1.29, 1.82) is 0 Å². The number of carboxylic acids is 2. The molecule has 1 aliphatic heterocycles. The number of hydrogen-bond donors (Lipinski definition) is 3. The van der Waals surface area contributed by atoms with Crippen molar-refractivity contribution >= 4 is 35.1 Å². The molecule has 4 aromatic rings. The van der Waals surface area contributed by atoms with Crippen molar-refractivity contribution in [2.45, 2.75) is 103 Å². The monoisotopic (exact) mass is 740 g/mol. The molecule has 2 aromatic carbocycles. The van der Waals surface area contributed by atoms with Gasteiger partial charge in [-0.3, -0.25) is 9.59 Å². The molecule has 3 N–H and O–H groups in total. The van der Waals surface area contributed by atoms with Crippen LogP contribution in [0.25, 0.3) is 22.5 Å². The molecular formula is C41H48N4O7S. The van der Waals surface area contributed by atoms with Crippen LogP contribution in [0.4, 0.5) is 0 Å². The van der Waals surface area contributed by atoms with Gasteiger partial charge >= 0.3 is 11.9 Å². The van der Waals surface area contributed by atoms with Gasteiger partial charge < -0.3 is 25.2 Å². The van der Waals surface area contributed by atoms with E-state index in [9.17, 15) is 29.4 Å². The van der Waals surface area contributed by atoms with Crippen LogP contribution >= 0.6 is 11.3 Å². The summed E-state index contributed by atoms with van der Waals surface area (Å²) in [6.45, 7) is 9.01. The van der Waals surface area contributed by atoms with Crippen LogP contribution in [0, 0.1) is 0 Å². The van der Waals surface area contributed by atoms with Crippen LogP contribution in [0.15, 0.2) is 73.1 Å². The zero-order chi connectivity index (χ0) is 38.1. The number of benzene rings is 2. The first kappa shape index (κ1) is 39.1. The predicted octanol–water partition coefficient (Wildman–Crippen LogP) is 7.39. The van der Waals surface area contributed by atoms with Crippen molar-refractivity contribution in [3.05, 3.63) is 88.4 Å². The standard InChI is InChI=1S/C41H48N4O7S/c1-5-6-7-8-9-22-52-30-16-14-27(15-17-30)29-24-42-36(43-25-29)28-12-10-26(11-13-28)23-31(44-37(46)34-20-21-35(53-34)41(2,3)4)38(47)45-32(39(48)49)18-19-33(45)40(50)51/h10-17,20-21,24-25,31-33H,5-9,18-19,22-23H2,1-4H3,(H,44,46)(H,48,49)(H,50,51)/t31-,32?,33?/m0/s1. The first-order valence-electron chi connectivity index (χ1n) is 18.2. The minimum Gasteiger partial charge on any atom is -0.494 e. The number of thiophene rings is 1. The van der Waals surface area contributed by atoms with Gasteiger partial charge in [0.1, 0.15) is 23.9 Å². The first-order chi connectivity index (χ1) is 25.3. The molecule has 53 heavy (non-hydrogen) atoms. The molecule has 0 aliphatic carbocycles. The molecule has 3 heterocycles. The van der Waals surface area contributed by atoms with Crippen molar-refractivity contribution in [1.82, 2.24) is 20.2 Å². The molecule has 0 spiro atoms. The van der Waals surface area contributed by atoms with E-state index in [1.165, 1.54) is 37.0 Å². The van der Waals surface area contributed by atoms with Crippen molar-refractivity contribution in [3.8, 4) is 28.3 Å². The average molecular weight is 741 g/mol. The Hall–Kier alpha value is -5.10. The number of carboxylic acid groups (broad SMARTS) is 2. The van der Waals surface area contributed by atoms with Gasteiger partial charge in [-0.25, -0.2) is 19.6 Å². The van der Waals surface area contributed by atoms with E-state index in [1.807, 2.05) is 63.2 Å². The molecule has 1 saturated heterocycles. The van der Waals surface area contributed by atoms with Gasteiger partial charge in [0.2, 0.25) is 5.91 Å². The number of ether oxygens (including phenoxy) is 1. The smallest absolute Gasteiger partial charge is 0.326 e. The van der Waals surface area contributed by atoms with Gasteiger partial charge in [-0.1, -0.05) is 89.8 Å². The van der Waals surface area contributed by atoms with Crippen LogP contribution in [0.1, 0.15) is 92.8 Å². The van der Waals surface area contributed by atoms with Crippen LogP contribution in [-0.4, -0.2) is 73.6 Å². The van der Waals surface area contributed by atoms with E-state index in [1.54, 1.807) is 30.6 Å². The van der Waals surface area contributed by atoms with E-state index in [-0.39, 0.29) is 24.7 Å². The maximum Gasteiger partial charge on any atom is 0.326 e. The highest BCUT2D eigenvalue weighted by atomic mass is 32.1. The average Bonchev–Trinajstić information content (AvgIpc) is 3.83. The number of aromatic nitrogens is 2. The van der Waals surface area contributed by atoms with Crippen LogP contribution in [0.5, 0.6) is 5.75 Å². The second-order valence-electron chi connectivity index (χ2n) is 14.5. The molecule has 0 radical (unpaired) electrons. The fourth-order valence-corrected chi connectivity index (χ4v) is 7.33. The van der Waals surface area contributed by atoms with E-state index in [0.717, 1.165) is 38.6 Å². The Morgan fingerprint density at radius 2 is 1.43 bits per heavy atom. The zero-order valence-electron chi connectivity index (χ0n) is 30.7. The molecule has 2 unspecified atom stereocenters. The number of unbranched alkanes of at least 4 members (excludes halogenated alkanes) is 4. The molecule has 2 amide bonds. The van der Waals surface area contributed by atoms with Gasteiger partial charge in [0.25, 0.3) is 5.91 Å². The summed E-state index contributed by atoms with van der Waals surface area (Å²) in [6.07, 6.45) is 9.47. The summed E-state index contributed by atoms with van der Waals surface area (Å²) in [5.41, 5.74) is 3.05. The lowest BCUT2D eigenvalue weighted by Crippen LogP contribution is -2.56. The molecule has 1 aliphatic rings. The summed E-state index contributed by atoms with van der Waals surface area (Å²) < 4.78 is 5.89. The van der Waals surface area contributed by atoms with Gasteiger partial charge in [0, 0.05) is 34.8 Å². The maximum atomic E-state index is 14.0. The molecule has 280 valence electrons. The highest BCUT2D eigenvalue weighted by Crippen LogP contribution is 2.31.